The lowest BCUT2D eigenvalue weighted by Crippen LogP contribution is -2.01. The molecule has 0 aliphatic heterocycles. The van der Waals surface area contributed by atoms with Gasteiger partial charge < -0.3 is 9.73 Å². The summed E-state index contributed by atoms with van der Waals surface area (Å²) in [6, 6.07) is 14.6. The van der Waals surface area contributed by atoms with Crippen molar-refractivity contribution < 1.29 is 8.81 Å². The highest BCUT2D eigenvalue weighted by Crippen LogP contribution is 2.21. The van der Waals surface area contributed by atoms with Gasteiger partial charge in [-0.2, -0.15) is 0 Å². The third-order valence-electron chi connectivity index (χ3n) is 3.24. The number of nitrogens with zero attached hydrogens (tertiary/aromatic N) is 1. The Labute approximate surface area is 122 Å². The number of aryl methyl sites for hydroxylation is 1. The summed E-state index contributed by atoms with van der Waals surface area (Å²) in [5, 5.41) is 3.20. The van der Waals surface area contributed by atoms with Crippen LogP contribution in [0.25, 0.3) is 11.3 Å². The number of halogens is 1. The molecule has 1 N–H and O–H groups in total. The van der Waals surface area contributed by atoms with Crippen molar-refractivity contribution in [3.63, 3.8) is 0 Å². The van der Waals surface area contributed by atoms with Gasteiger partial charge in [-0.3, -0.25) is 0 Å². The molecule has 0 fully saturated rings. The van der Waals surface area contributed by atoms with E-state index in [0.29, 0.717) is 18.0 Å². The first-order chi connectivity index (χ1) is 10.2. The van der Waals surface area contributed by atoms with Crippen LogP contribution >= 0.6 is 0 Å². The summed E-state index contributed by atoms with van der Waals surface area (Å²) < 4.78 is 18.7. The van der Waals surface area contributed by atoms with E-state index in [2.05, 4.69) is 10.3 Å². The first kappa shape index (κ1) is 13.4. The Hall–Kier alpha value is -2.62. The van der Waals surface area contributed by atoms with Crippen molar-refractivity contribution in [2.24, 2.45) is 0 Å². The molecule has 0 spiro atoms. The molecule has 0 aliphatic carbocycles. The van der Waals surface area contributed by atoms with E-state index in [0.717, 1.165) is 16.9 Å². The highest BCUT2D eigenvalue weighted by molar-refractivity contribution is 5.61. The van der Waals surface area contributed by atoms with Crippen molar-refractivity contribution in [3.05, 3.63) is 72.1 Å². The zero-order chi connectivity index (χ0) is 14.7. The fraction of sp³-hybridized carbons (Fsp3) is 0.118. The van der Waals surface area contributed by atoms with Crippen LogP contribution < -0.4 is 5.32 Å². The number of aromatic nitrogens is 1. The van der Waals surface area contributed by atoms with Crippen LogP contribution in [0.3, 0.4) is 0 Å². The van der Waals surface area contributed by atoms with Crippen molar-refractivity contribution in [2.45, 2.75) is 13.5 Å². The second kappa shape index (κ2) is 5.79. The molecule has 0 unspecified atom stereocenters. The maximum atomic E-state index is 13.5. The fourth-order valence-electron chi connectivity index (χ4n) is 2.09. The smallest absolute Gasteiger partial charge is 0.191 e. The Kier molecular flexibility index (Phi) is 3.69. The van der Waals surface area contributed by atoms with Crippen LogP contribution in [0.1, 0.15) is 11.5 Å². The second-order valence-corrected chi connectivity index (χ2v) is 4.77. The van der Waals surface area contributed by atoms with Gasteiger partial charge in [-0.15, -0.1) is 0 Å². The molecular weight excluding hydrogens is 267 g/mol. The maximum absolute atomic E-state index is 13.5. The zero-order valence-corrected chi connectivity index (χ0v) is 11.6. The van der Waals surface area contributed by atoms with Crippen LogP contribution in [0.15, 0.2) is 59.2 Å². The molecule has 106 valence electrons. The largest absolute Gasteiger partial charge is 0.449 e. The summed E-state index contributed by atoms with van der Waals surface area (Å²) in [6.07, 6.45) is 1.64. The lowest BCUT2D eigenvalue weighted by atomic mass is 10.1. The summed E-state index contributed by atoms with van der Waals surface area (Å²) in [6.45, 7) is 2.27. The molecule has 21 heavy (non-hydrogen) atoms. The maximum Gasteiger partial charge on any atom is 0.191 e. The lowest BCUT2D eigenvalue weighted by molar-refractivity contribution is 0.521. The molecule has 3 aromatic rings. The molecule has 4 heteroatoms. The van der Waals surface area contributed by atoms with Crippen LogP contribution in [0, 0.1) is 12.7 Å². The molecule has 2 aromatic carbocycles. The Bertz CT molecular complexity index is 735. The van der Waals surface area contributed by atoms with Gasteiger partial charge >= 0.3 is 0 Å². The van der Waals surface area contributed by atoms with E-state index >= 15 is 0 Å². The van der Waals surface area contributed by atoms with Crippen molar-refractivity contribution in [3.8, 4) is 11.3 Å². The summed E-state index contributed by atoms with van der Waals surface area (Å²) in [5.74, 6) is 0.450. The topological polar surface area (TPSA) is 38.1 Å². The monoisotopic (exact) mass is 282 g/mol. The first-order valence-electron chi connectivity index (χ1n) is 6.72. The molecule has 0 bridgehead atoms. The standard InChI is InChI=1S/C17H15FN2O/c1-12-20-17(11-21-12)13-6-8-15(9-7-13)19-10-14-4-2-3-5-16(14)18/h2-9,11,19H,10H2,1H3. The lowest BCUT2D eigenvalue weighted by Gasteiger charge is -2.07. The Morgan fingerprint density at radius 1 is 1.10 bits per heavy atom. The third kappa shape index (κ3) is 3.11. The minimum absolute atomic E-state index is 0.195. The Morgan fingerprint density at radius 3 is 2.52 bits per heavy atom. The van der Waals surface area contributed by atoms with E-state index in [9.17, 15) is 4.39 Å². The number of anilines is 1. The van der Waals surface area contributed by atoms with Gasteiger partial charge in [0.1, 0.15) is 17.8 Å². The highest BCUT2D eigenvalue weighted by Gasteiger charge is 2.04. The van der Waals surface area contributed by atoms with Crippen LogP contribution in [-0.4, -0.2) is 4.98 Å². The average molecular weight is 282 g/mol. The fourth-order valence-corrected chi connectivity index (χ4v) is 2.09. The molecule has 0 saturated heterocycles. The van der Waals surface area contributed by atoms with Crippen molar-refractivity contribution in [2.75, 3.05) is 5.32 Å². The first-order valence-corrected chi connectivity index (χ1v) is 6.72. The van der Waals surface area contributed by atoms with Crippen LogP contribution in [0.4, 0.5) is 10.1 Å². The molecular formula is C17H15FN2O. The van der Waals surface area contributed by atoms with E-state index in [1.54, 1.807) is 18.4 Å². The number of hydrogen-bond acceptors (Lipinski definition) is 3. The van der Waals surface area contributed by atoms with Crippen LogP contribution in [0.2, 0.25) is 0 Å². The van der Waals surface area contributed by atoms with Gasteiger partial charge in [0.25, 0.3) is 0 Å². The van der Waals surface area contributed by atoms with Gasteiger partial charge in [-0.05, 0) is 18.2 Å². The van der Waals surface area contributed by atoms with Gasteiger partial charge in [0.15, 0.2) is 5.89 Å². The van der Waals surface area contributed by atoms with Gasteiger partial charge in [0.05, 0.1) is 0 Å². The normalized spacial score (nSPS) is 10.6. The van der Waals surface area contributed by atoms with Gasteiger partial charge in [0, 0.05) is 30.3 Å². The average Bonchev–Trinajstić information content (AvgIpc) is 2.94. The molecule has 0 amide bonds. The predicted molar refractivity (Wildman–Crippen MR) is 80.4 cm³/mol. The number of rotatable bonds is 4. The van der Waals surface area contributed by atoms with Crippen molar-refractivity contribution in [1.29, 1.82) is 0 Å². The number of hydrogen-bond donors (Lipinski definition) is 1. The summed E-state index contributed by atoms with van der Waals surface area (Å²) >= 11 is 0. The van der Waals surface area contributed by atoms with Crippen molar-refractivity contribution >= 4 is 5.69 Å². The molecule has 3 nitrogen and oxygen atoms in total. The third-order valence-corrected chi connectivity index (χ3v) is 3.24. The summed E-state index contributed by atoms with van der Waals surface area (Å²) in [4.78, 5) is 4.28. The molecule has 0 aliphatic rings. The summed E-state index contributed by atoms with van der Waals surface area (Å²) in [7, 11) is 0. The van der Waals surface area contributed by atoms with E-state index < -0.39 is 0 Å². The number of oxazole rings is 1. The van der Waals surface area contributed by atoms with Crippen molar-refractivity contribution in [1.82, 2.24) is 4.98 Å². The molecule has 3 rings (SSSR count). The predicted octanol–water partition coefficient (Wildman–Crippen LogP) is 4.40. The number of nitrogens with one attached hydrogen (secondary N) is 1. The minimum atomic E-state index is -0.195. The highest BCUT2D eigenvalue weighted by atomic mass is 19.1. The molecule has 0 atom stereocenters. The molecule has 1 heterocycles. The van der Waals surface area contributed by atoms with E-state index in [1.807, 2.05) is 37.3 Å². The van der Waals surface area contributed by atoms with E-state index in [-0.39, 0.29) is 5.82 Å². The molecule has 0 saturated carbocycles. The quantitative estimate of drug-likeness (QED) is 0.770. The van der Waals surface area contributed by atoms with Gasteiger partial charge in [0.2, 0.25) is 0 Å². The zero-order valence-electron chi connectivity index (χ0n) is 11.6. The Balaban J connectivity index is 1.69. The molecule has 1 aromatic heterocycles. The second-order valence-electron chi connectivity index (χ2n) is 4.77. The van der Waals surface area contributed by atoms with Crippen LogP contribution in [-0.2, 0) is 6.54 Å². The van der Waals surface area contributed by atoms with Gasteiger partial charge in [-0.25, -0.2) is 9.37 Å². The number of benzene rings is 2. The van der Waals surface area contributed by atoms with E-state index in [1.165, 1.54) is 6.07 Å². The van der Waals surface area contributed by atoms with Gasteiger partial charge in [-0.1, -0.05) is 30.3 Å². The Morgan fingerprint density at radius 2 is 1.86 bits per heavy atom. The summed E-state index contributed by atoms with van der Waals surface area (Å²) in [5.41, 5.74) is 3.38. The van der Waals surface area contributed by atoms with E-state index in [4.69, 9.17) is 4.42 Å². The minimum Gasteiger partial charge on any atom is -0.449 e. The SMILES string of the molecule is Cc1nc(-c2ccc(NCc3ccccc3F)cc2)co1. The van der Waals surface area contributed by atoms with Crippen LogP contribution in [0.5, 0.6) is 0 Å². The molecule has 0 radical (unpaired) electrons.